The molecule has 1 aromatic carbocycles. The molecule has 4 fully saturated rings. The van der Waals surface area contributed by atoms with Crippen LogP contribution >= 0.6 is 0 Å². The molecule has 1 heterocycles. The lowest BCUT2D eigenvalue weighted by molar-refractivity contribution is -0.138. The van der Waals surface area contributed by atoms with E-state index in [2.05, 4.69) is 47.6 Å². The molecule has 268 valence electrons. The lowest BCUT2D eigenvalue weighted by Gasteiger charge is -2.58. The lowest BCUT2D eigenvalue weighted by Crippen LogP contribution is -2.51. The third kappa shape index (κ3) is 7.73. The number of benzene rings is 1. The number of hydrogen-bond donors (Lipinski definition) is 0. The first kappa shape index (κ1) is 36.0. The van der Waals surface area contributed by atoms with E-state index in [1.165, 1.54) is 51.4 Å². The van der Waals surface area contributed by atoms with Crippen molar-refractivity contribution in [3.8, 4) is 5.75 Å². The summed E-state index contributed by atoms with van der Waals surface area (Å²) in [5.41, 5.74) is 3.18. The Hall–Kier alpha value is -1.85. The number of rotatable bonds is 15. The molecule has 1 saturated heterocycles. The van der Waals surface area contributed by atoms with Crippen LogP contribution in [0.5, 0.6) is 5.75 Å². The van der Waals surface area contributed by atoms with Gasteiger partial charge in [-0.1, -0.05) is 72.5 Å². The van der Waals surface area contributed by atoms with Crippen LogP contribution in [-0.4, -0.2) is 45.1 Å². The number of unbranched alkanes of at least 4 members (excludes halogenated alkanes) is 1. The maximum atomic E-state index is 13.2. The van der Waals surface area contributed by atoms with Crippen LogP contribution in [0, 0.1) is 51.8 Å². The molecule has 0 spiro atoms. The highest BCUT2D eigenvalue weighted by molar-refractivity contribution is 5.89. The lowest BCUT2D eigenvalue weighted by atomic mass is 9.47. The summed E-state index contributed by atoms with van der Waals surface area (Å²) in [5, 5.41) is 0. The fraction of sp³-hybridized carbons (Fsp3) is 0.791. The van der Waals surface area contributed by atoms with Crippen molar-refractivity contribution in [1.29, 1.82) is 0 Å². The van der Waals surface area contributed by atoms with Crippen molar-refractivity contribution >= 4 is 5.97 Å². The third-order valence-corrected chi connectivity index (χ3v) is 13.9. The van der Waals surface area contributed by atoms with Gasteiger partial charge in [0, 0.05) is 18.4 Å². The van der Waals surface area contributed by atoms with E-state index < -0.39 is 0 Å². The predicted molar refractivity (Wildman–Crippen MR) is 193 cm³/mol. The van der Waals surface area contributed by atoms with Gasteiger partial charge in [-0.3, -0.25) is 0 Å². The summed E-state index contributed by atoms with van der Waals surface area (Å²) in [6, 6.07) is 7.48. The normalized spacial score (nSPS) is 34.3. The molecule has 0 N–H and O–H groups in total. The predicted octanol–water partition coefficient (Wildman–Crippen LogP) is 10.5. The van der Waals surface area contributed by atoms with Gasteiger partial charge in [0.1, 0.15) is 11.9 Å². The topological polar surface area (TPSA) is 54.0 Å². The average molecular weight is 663 g/mol. The number of hydrogen-bond acceptors (Lipinski definition) is 5. The molecule has 5 nitrogen and oxygen atoms in total. The van der Waals surface area contributed by atoms with Crippen LogP contribution in [0.15, 0.2) is 35.9 Å². The Bertz CT molecular complexity index is 1250. The number of carbonyl (C=O) groups is 1. The van der Waals surface area contributed by atoms with Crippen molar-refractivity contribution in [2.45, 2.75) is 131 Å². The van der Waals surface area contributed by atoms with E-state index in [9.17, 15) is 4.79 Å². The molecule has 6 rings (SSSR count). The molecule has 8 atom stereocenters. The van der Waals surface area contributed by atoms with Gasteiger partial charge < -0.3 is 18.9 Å². The van der Waals surface area contributed by atoms with Gasteiger partial charge in [-0.2, -0.15) is 0 Å². The second-order valence-electron chi connectivity index (χ2n) is 18.0. The molecule has 5 heteroatoms. The van der Waals surface area contributed by atoms with Crippen LogP contribution in [0.2, 0.25) is 0 Å². The average Bonchev–Trinajstić information content (AvgIpc) is 3.41. The zero-order valence-corrected chi connectivity index (χ0v) is 31.2. The molecular weight excluding hydrogens is 596 g/mol. The second-order valence-corrected chi connectivity index (χ2v) is 18.0. The zero-order chi connectivity index (χ0) is 33.9. The molecule has 0 amide bonds. The minimum atomic E-state index is -0.208. The Morgan fingerprint density at radius 2 is 1.67 bits per heavy atom. The van der Waals surface area contributed by atoms with Crippen LogP contribution in [0.1, 0.15) is 135 Å². The van der Waals surface area contributed by atoms with Crippen molar-refractivity contribution in [3.05, 3.63) is 41.5 Å². The molecule has 0 bridgehead atoms. The molecule has 1 aliphatic heterocycles. The van der Waals surface area contributed by atoms with E-state index in [1.54, 1.807) is 5.57 Å². The SMILES string of the molecule is CC(C)CCCC(C)C1CCC2C3CC=C4CC(OC(=O)c5ccc(OCCCCOCC6(C)COC6)cc5)CCC4(C)C3CCC12C. The number of esters is 1. The van der Waals surface area contributed by atoms with E-state index in [1.807, 2.05) is 24.3 Å². The molecular formula is C43H66O5. The van der Waals surface area contributed by atoms with Crippen LogP contribution in [0.3, 0.4) is 0 Å². The van der Waals surface area contributed by atoms with Crippen LogP contribution < -0.4 is 4.74 Å². The molecule has 8 unspecified atom stereocenters. The highest BCUT2D eigenvalue weighted by Crippen LogP contribution is 2.67. The Morgan fingerprint density at radius 3 is 2.40 bits per heavy atom. The van der Waals surface area contributed by atoms with Gasteiger partial charge in [0.15, 0.2) is 0 Å². The largest absolute Gasteiger partial charge is 0.494 e. The van der Waals surface area contributed by atoms with E-state index >= 15 is 0 Å². The van der Waals surface area contributed by atoms with Crippen molar-refractivity contribution in [2.24, 2.45) is 51.8 Å². The Kier molecular flexibility index (Phi) is 11.4. The summed E-state index contributed by atoms with van der Waals surface area (Å²) >= 11 is 0. The maximum Gasteiger partial charge on any atom is 0.338 e. The minimum absolute atomic E-state index is 0.0256. The fourth-order valence-corrected chi connectivity index (χ4v) is 11.0. The van der Waals surface area contributed by atoms with Crippen molar-refractivity contribution in [3.63, 3.8) is 0 Å². The quantitative estimate of drug-likeness (QED) is 0.106. The third-order valence-electron chi connectivity index (χ3n) is 13.9. The van der Waals surface area contributed by atoms with Gasteiger partial charge in [-0.15, -0.1) is 0 Å². The second kappa shape index (κ2) is 15.2. The molecule has 1 aromatic rings. The monoisotopic (exact) mass is 662 g/mol. The van der Waals surface area contributed by atoms with Gasteiger partial charge in [0.2, 0.25) is 0 Å². The number of fused-ring (bicyclic) bond motifs is 5. The highest BCUT2D eigenvalue weighted by atomic mass is 16.5. The highest BCUT2D eigenvalue weighted by Gasteiger charge is 2.59. The van der Waals surface area contributed by atoms with Crippen LogP contribution in [0.25, 0.3) is 0 Å². The minimum Gasteiger partial charge on any atom is -0.494 e. The van der Waals surface area contributed by atoms with Gasteiger partial charge >= 0.3 is 5.97 Å². The molecule has 48 heavy (non-hydrogen) atoms. The standard InChI is InChI=1S/C43H66O5/c1-30(2)10-9-11-31(3)37-18-19-38-36-17-14-33-26-35(20-22-42(33,5)39(36)21-23-43(37,38)6)48-40(44)32-12-15-34(16-13-32)47-25-8-7-24-45-27-41(4)28-46-29-41/h12-16,30-31,35-39H,7-11,17-29H2,1-6H3. The summed E-state index contributed by atoms with van der Waals surface area (Å²) in [6.45, 7) is 18.5. The first-order chi connectivity index (χ1) is 23.0. The smallest absolute Gasteiger partial charge is 0.338 e. The maximum absolute atomic E-state index is 13.2. The van der Waals surface area contributed by atoms with Crippen LogP contribution in [-0.2, 0) is 14.2 Å². The van der Waals surface area contributed by atoms with E-state index in [0.29, 0.717) is 17.6 Å². The molecule has 4 aliphatic carbocycles. The Balaban J connectivity index is 0.959. The Labute approximate surface area is 292 Å². The van der Waals surface area contributed by atoms with Crippen LogP contribution in [0.4, 0.5) is 0 Å². The van der Waals surface area contributed by atoms with Gasteiger partial charge in [0.05, 0.1) is 32.0 Å². The summed E-state index contributed by atoms with van der Waals surface area (Å²) < 4.78 is 23.2. The van der Waals surface area contributed by atoms with Crippen molar-refractivity contribution in [1.82, 2.24) is 0 Å². The summed E-state index contributed by atoms with van der Waals surface area (Å²) in [7, 11) is 0. The summed E-state index contributed by atoms with van der Waals surface area (Å²) in [6.07, 6.45) is 18.6. The number of ether oxygens (including phenoxy) is 4. The molecule has 3 saturated carbocycles. The number of carbonyl (C=O) groups excluding carboxylic acids is 1. The number of allylic oxidation sites excluding steroid dienone is 1. The van der Waals surface area contributed by atoms with Crippen molar-refractivity contribution in [2.75, 3.05) is 33.0 Å². The Morgan fingerprint density at radius 1 is 0.896 bits per heavy atom. The van der Waals surface area contributed by atoms with Crippen molar-refractivity contribution < 1.29 is 23.7 Å². The molecule has 5 aliphatic rings. The summed E-state index contributed by atoms with van der Waals surface area (Å²) in [4.78, 5) is 13.2. The van der Waals surface area contributed by atoms with Gasteiger partial charge in [-0.25, -0.2) is 4.79 Å². The first-order valence-corrected chi connectivity index (χ1v) is 19.8. The summed E-state index contributed by atoms with van der Waals surface area (Å²) in [5.74, 6) is 5.65. The van der Waals surface area contributed by atoms with E-state index in [4.69, 9.17) is 18.9 Å². The fourth-order valence-electron chi connectivity index (χ4n) is 11.0. The van der Waals surface area contributed by atoms with Gasteiger partial charge in [-0.05, 0) is 128 Å². The van der Waals surface area contributed by atoms with E-state index in [0.717, 1.165) is 99.8 Å². The molecule has 0 aromatic heterocycles. The first-order valence-electron chi connectivity index (χ1n) is 19.8. The van der Waals surface area contributed by atoms with E-state index in [-0.39, 0.29) is 22.9 Å². The molecule has 0 radical (unpaired) electrons. The zero-order valence-electron chi connectivity index (χ0n) is 31.2. The van der Waals surface area contributed by atoms with Gasteiger partial charge in [0.25, 0.3) is 0 Å².